The van der Waals surface area contributed by atoms with E-state index in [1.807, 2.05) is 0 Å². The largest absolute Gasteiger partial charge is 0.478 e. The van der Waals surface area contributed by atoms with Crippen LogP contribution in [-0.2, 0) is 17.4 Å². The van der Waals surface area contributed by atoms with Gasteiger partial charge in [0.15, 0.2) is 11.6 Å². The Morgan fingerprint density at radius 3 is 2.54 bits per heavy atom. The number of hydrogen-bond donors (Lipinski definition) is 1. The summed E-state index contributed by atoms with van der Waals surface area (Å²) in [5.74, 6) is -2.72. The molecule has 0 bridgehead atoms. The van der Waals surface area contributed by atoms with Gasteiger partial charge in [-0.3, -0.25) is 0 Å². The van der Waals surface area contributed by atoms with Gasteiger partial charge in [-0.25, -0.2) is 9.18 Å². The number of hydrogen-bond acceptors (Lipinski definition) is 2. The van der Waals surface area contributed by atoms with Gasteiger partial charge in [-0.2, -0.15) is 13.2 Å². The number of fused-ring (bicyclic) bond motifs is 1. The summed E-state index contributed by atoms with van der Waals surface area (Å²) in [4.78, 5) is 10.9. The molecular formula is C18H11ClF4O3. The second kappa shape index (κ2) is 6.64. The van der Waals surface area contributed by atoms with Crippen molar-refractivity contribution in [2.24, 2.45) is 0 Å². The Hall–Kier alpha value is -2.54. The van der Waals surface area contributed by atoms with E-state index in [1.54, 1.807) is 6.07 Å². The van der Waals surface area contributed by atoms with Crippen LogP contribution in [0.2, 0.25) is 5.02 Å². The first kappa shape index (κ1) is 18.3. The van der Waals surface area contributed by atoms with Crippen molar-refractivity contribution in [2.45, 2.75) is 19.0 Å². The highest BCUT2D eigenvalue weighted by Crippen LogP contribution is 2.40. The third-order valence-corrected chi connectivity index (χ3v) is 4.21. The number of aliphatic carboxylic acids is 1. The molecule has 2 aromatic carbocycles. The smallest absolute Gasteiger partial charge is 0.416 e. The number of aryl methyl sites for hydroxylation is 1. The SMILES string of the molecule is O=C(O)/C=C1/CCc2ccc(Oc3c(F)cc(C(F)(F)F)cc3Cl)cc21. The van der Waals surface area contributed by atoms with Crippen LogP contribution in [0.25, 0.3) is 5.57 Å². The molecule has 26 heavy (non-hydrogen) atoms. The number of halogens is 5. The molecule has 0 aliphatic heterocycles. The first-order valence-corrected chi connectivity index (χ1v) is 7.84. The third kappa shape index (κ3) is 3.67. The Balaban J connectivity index is 1.95. The summed E-state index contributed by atoms with van der Waals surface area (Å²) in [5, 5.41) is 8.39. The van der Waals surface area contributed by atoms with Gasteiger partial charge in [-0.05, 0) is 53.8 Å². The maximum atomic E-state index is 14.1. The van der Waals surface area contributed by atoms with Crippen molar-refractivity contribution < 1.29 is 32.2 Å². The standard InChI is InChI=1S/C18H11ClF4O3/c19-14-6-11(18(21,22)23)7-15(20)17(14)26-12-4-3-9-1-2-10(5-16(24)25)13(9)8-12/h3-8H,1-2H2,(H,24,25)/b10-5-. The molecule has 8 heteroatoms. The lowest BCUT2D eigenvalue weighted by atomic mass is 10.1. The molecule has 136 valence electrons. The molecule has 1 aliphatic carbocycles. The highest BCUT2D eigenvalue weighted by atomic mass is 35.5. The minimum atomic E-state index is -4.73. The third-order valence-electron chi connectivity index (χ3n) is 3.93. The maximum Gasteiger partial charge on any atom is 0.416 e. The predicted octanol–water partition coefficient (Wildman–Crippen LogP) is 5.70. The Labute approximate surface area is 150 Å². The van der Waals surface area contributed by atoms with Gasteiger partial charge in [-0.1, -0.05) is 17.7 Å². The molecule has 3 rings (SSSR count). The van der Waals surface area contributed by atoms with E-state index < -0.39 is 34.3 Å². The highest BCUT2D eigenvalue weighted by Gasteiger charge is 2.32. The van der Waals surface area contributed by atoms with Gasteiger partial charge < -0.3 is 9.84 Å². The van der Waals surface area contributed by atoms with Gasteiger partial charge in [0, 0.05) is 6.08 Å². The minimum absolute atomic E-state index is 0.141. The van der Waals surface area contributed by atoms with E-state index in [-0.39, 0.29) is 5.75 Å². The van der Waals surface area contributed by atoms with Crippen molar-refractivity contribution in [3.05, 3.63) is 63.9 Å². The molecule has 0 saturated carbocycles. The van der Waals surface area contributed by atoms with Gasteiger partial charge in [0.2, 0.25) is 0 Å². The zero-order valence-corrected chi connectivity index (χ0v) is 13.8. The Bertz CT molecular complexity index is 896. The van der Waals surface area contributed by atoms with Crippen molar-refractivity contribution in [3.63, 3.8) is 0 Å². The van der Waals surface area contributed by atoms with Crippen LogP contribution in [-0.4, -0.2) is 11.1 Å². The summed E-state index contributed by atoms with van der Waals surface area (Å²) < 4.78 is 57.4. The summed E-state index contributed by atoms with van der Waals surface area (Å²) in [7, 11) is 0. The Kier molecular flexibility index (Phi) is 4.66. The molecule has 0 heterocycles. The Morgan fingerprint density at radius 2 is 1.92 bits per heavy atom. The number of benzene rings is 2. The molecule has 0 fully saturated rings. The molecule has 0 atom stereocenters. The van der Waals surface area contributed by atoms with Crippen LogP contribution >= 0.6 is 11.6 Å². The summed E-state index contributed by atoms with van der Waals surface area (Å²) in [6, 6.07) is 5.64. The molecule has 3 nitrogen and oxygen atoms in total. The normalized spacial score (nSPS) is 15.2. The zero-order valence-electron chi connectivity index (χ0n) is 13.0. The highest BCUT2D eigenvalue weighted by molar-refractivity contribution is 6.32. The van der Waals surface area contributed by atoms with Gasteiger partial charge in [0.25, 0.3) is 0 Å². The monoisotopic (exact) mass is 386 g/mol. The maximum absolute atomic E-state index is 14.1. The van der Waals surface area contributed by atoms with Gasteiger partial charge in [0.1, 0.15) is 5.75 Å². The predicted molar refractivity (Wildman–Crippen MR) is 86.9 cm³/mol. The molecule has 0 amide bonds. The number of rotatable bonds is 3. The second-order valence-electron chi connectivity index (χ2n) is 5.70. The molecule has 0 radical (unpaired) electrons. The molecule has 0 unspecified atom stereocenters. The van der Waals surface area contributed by atoms with Crippen molar-refractivity contribution in [3.8, 4) is 11.5 Å². The lowest BCUT2D eigenvalue weighted by molar-refractivity contribution is -0.137. The summed E-state index contributed by atoms with van der Waals surface area (Å²) in [5.41, 5.74) is 0.932. The summed E-state index contributed by atoms with van der Waals surface area (Å²) in [6.07, 6.45) is -2.45. The molecule has 0 aromatic heterocycles. The molecule has 1 N–H and O–H groups in total. The number of alkyl halides is 3. The fraction of sp³-hybridized carbons (Fsp3) is 0.167. The number of allylic oxidation sites excluding steroid dienone is 1. The van der Waals surface area contributed by atoms with Gasteiger partial charge in [0.05, 0.1) is 10.6 Å². The lowest BCUT2D eigenvalue weighted by Crippen LogP contribution is -2.06. The van der Waals surface area contributed by atoms with Crippen LogP contribution in [0.5, 0.6) is 11.5 Å². The van der Waals surface area contributed by atoms with Crippen molar-refractivity contribution >= 4 is 23.1 Å². The van der Waals surface area contributed by atoms with Crippen LogP contribution in [0.3, 0.4) is 0 Å². The van der Waals surface area contributed by atoms with E-state index in [2.05, 4.69) is 0 Å². The summed E-state index contributed by atoms with van der Waals surface area (Å²) in [6.45, 7) is 0. The average molecular weight is 387 g/mol. The fourth-order valence-electron chi connectivity index (χ4n) is 2.78. The average Bonchev–Trinajstić information content (AvgIpc) is 2.91. The van der Waals surface area contributed by atoms with E-state index in [0.717, 1.165) is 11.6 Å². The van der Waals surface area contributed by atoms with E-state index in [9.17, 15) is 22.4 Å². The van der Waals surface area contributed by atoms with E-state index in [1.165, 1.54) is 12.1 Å². The Morgan fingerprint density at radius 1 is 1.19 bits per heavy atom. The van der Waals surface area contributed by atoms with Gasteiger partial charge >= 0.3 is 12.1 Å². The number of ether oxygens (including phenoxy) is 1. The van der Waals surface area contributed by atoms with Crippen molar-refractivity contribution in [1.82, 2.24) is 0 Å². The first-order valence-electron chi connectivity index (χ1n) is 7.46. The van der Waals surface area contributed by atoms with E-state index >= 15 is 0 Å². The molecule has 1 aliphatic rings. The first-order chi connectivity index (χ1) is 12.1. The quantitative estimate of drug-likeness (QED) is 0.543. The number of carbonyl (C=O) groups is 1. The number of carboxylic acid groups (broad SMARTS) is 1. The van der Waals surface area contributed by atoms with Crippen LogP contribution in [0.1, 0.15) is 23.1 Å². The zero-order chi connectivity index (χ0) is 19.1. The van der Waals surface area contributed by atoms with Crippen LogP contribution in [0.4, 0.5) is 17.6 Å². The molecular weight excluding hydrogens is 376 g/mol. The molecule has 0 saturated heterocycles. The van der Waals surface area contributed by atoms with Crippen molar-refractivity contribution in [1.29, 1.82) is 0 Å². The van der Waals surface area contributed by atoms with Crippen LogP contribution in [0, 0.1) is 5.82 Å². The molecule has 0 spiro atoms. The van der Waals surface area contributed by atoms with Gasteiger partial charge in [-0.15, -0.1) is 0 Å². The molecule has 2 aromatic rings. The van der Waals surface area contributed by atoms with Crippen LogP contribution in [0.15, 0.2) is 36.4 Å². The topological polar surface area (TPSA) is 46.5 Å². The minimum Gasteiger partial charge on any atom is -0.478 e. The van der Waals surface area contributed by atoms with E-state index in [0.29, 0.717) is 36.1 Å². The second-order valence-corrected chi connectivity index (χ2v) is 6.10. The number of carboxylic acids is 1. The van der Waals surface area contributed by atoms with Crippen molar-refractivity contribution in [2.75, 3.05) is 0 Å². The summed E-state index contributed by atoms with van der Waals surface area (Å²) >= 11 is 5.75. The lowest BCUT2D eigenvalue weighted by Gasteiger charge is -2.13. The van der Waals surface area contributed by atoms with Crippen LogP contribution < -0.4 is 4.74 Å². The fourth-order valence-corrected chi connectivity index (χ4v) is 3.02. The van der Waals surface area contributed by atoms with E-state index in [4.69, 9.17) is 21.4 Å².